The van der Waals surface area contributed by atoms with Gasteiger partial charge in [-0.2, -0.15) is 0 Å². The Kier molecular flexibility index (Phi) is 4.68. The molecular formula is C16H22N2O4. The first kappa shape index (κ1) is 16.3. The molecule has 1 aliphatic rings. The summed E-state index contributed by atoms with van der Waals surface area (Å²) in [5, 5.41) is 9.29. The van der Waals surface area contributed by atoms with E-state index >= 15 is 0 Å². The van der Waals surface area contributed by atoms with E-state index in [0.29, 0.717) is 30.5 Å². The van der Waals surface area contributed by atoms with Crippen molar-refractivity contribution in [1.29, 1.82) is 0 Å². The van der Waals surface area contributed by atoms with Gasteiger partial charge in [0.2, 0.25) is 0 Å². The van der Waals surface area contributed by atoms with Gasteiger partial charge in [0.05, 0.1) is 11.6 Å². The summed E-state index contributed by atoms with van der Waals surface area (Å²) in [5.74, 6) is -0.134. The van der Waals surface area contributed by atoms with Crippen molar-refractivity contribution in [3.05, 3.63) is 23.4 Å². The summed E-state index contributed by atoms with van der Waals surface area (Å²) < 4.78 is 5.11. The SMILES string of the molecule is CC(C)Cc1cc(C(=O)O)cc(N2C(=O)OC[C@H]2C(C)C)n1. The molecule has 6 nitrogen and oxygen atoms in total. The number of cyclic esters (lactones) is 1. The third-order valence-corrected chi connectivity index (χ3v) is 3.65. The van der Waals surface area contributed by atoms with E-state index in [1.54, 1.807) is 6.07 Å². The number of nitrogens with zero attached hydrogens (tertiary/aromatic N) is 2. The van der Waals surface area contributed by atoms with Gasteiger partial charge in [0.25, 0.3) is 0 Å². The molecule has 1 aromatic heterocycles. The van der Waals surface area contributed by atoms with Crippen molar-refractivity contribution < 1.29 is 19.4 Å². The number of carbonyl (C=O) groups excluding carboxylic acids is 1. The number of carboxylic acid groups (broad SMARTS) is 1. The number of amides is 1. The van der Waals surface area contributed by atoms with Crippen molar-refractivity contribution >= 4 is 17.9 Å². The topological polar surface area (TPSA) is 79.7 Å². The molecule has 1 aliphatic heterocycles. The van der Waals surface area contributed by atoms with Crippen molar-refractivity contribution in [2.24, 2.45) is 11.8 Å². The Morgan fingerprint density at radius 2 is 2.09 bits per heavy atom. The lowest BCUT2D eigenvalue weighted by molar-refractivity contribution is 0.0696. The number of rotatable bonds is 5. The second-order valence-electron chi connectivity index (χ2n) is 6.37. The number of aromatic nitrogens is 1. The first-order valence-electron chi connectivity index (χ1n) is 7.49. The molecule has 6 heteroatoms. The predicted molar refractivity (Wildman–Crippen MR) is 82.2 cm³/mol. The molecule has 1 aromatic rings. The largest absolute Gasteiger partial charge is 0.478 e. The minimum Gasteiger partial charge on any atom is -0.478 e. The molecule has 0 unspecified atom stereocenters. The second-order valence-corrected chi connectivity index (χ2v) is 6.37. The molecule has 0 bridgehead atoms. The molecule has 1 saturated heterocycles. The summed E-state index contributed by atoms with van der Waals surface area (Å²) in [5.41, 5.74) is 0.815. The van der Waals surface area contributed by atoms with Gasteiger partial charge in [-0.15, -0.1) is 0 Å². The lowest BCUT2D eigenvalue weighted by Gasteiger charge is -2.24. The lowest BCUT2D eigenvalue weighted by atomic mass is 10.0. The van der Waals surface area contributed by atoms with Crippen molar-refractivity contribution in [2.75, 3.05) is 11.5 Å². The van der Waals surface area contributed by atoms with Gasteiger partial charge in [-0.05, 0) is 30.4 Å². The maximum atomic E-state index is 12.0. The summed E-state index contributed by atoms with van der Waals surface area (Å²) in [4.78, 5) is 29.3. The fourth-order valence-corrected chi connectivity index (χ4v) is 2.53. The van der Waals surface area contributed by atoms with E-state index in [2.05, 4.69) is 4.98 Å². The van der Waals surface area contributed by atoms with Crippen LogP contribution in [0.5, 0.6) is 0 Å². The minimum atomic E-state index is -1.03. The number of hydrogen-bond donors (Lipinski definition) is 1. The zero-order chi connectivity index (χ0) is 16.4. The Bertz CT molecular complexity index is 584. The molecule has 1 amide bonds. The van der Waals surface area contributed by atoms with E-state index in [0.717, 1.165) is 0 Å². The zero-order valence-corrected chi connectivity index (χ0v) is 13.4. The molecule has 0 aliphatic carbocycles. The second kappa shape index (κ2) is 6.34. The van der Waals surface area contributed by atoms with E-state index in [4.69, 9.17) is 4.74 Å². The van der Waals surface area contributed by atoms with Crippen LogP contribution in [-0.2, 0) is 11.2 Å². The maximum Gasteiger partial charge on any atom is 0.415 e. The van der Waals surface area contributed by atoms with Crippen LogP contribution in [0.3, 0.4) is 0 Å². The van der Waals surface area contributed by atoms with Crippen LogP contribution in [0.25, 0.3) is 0 Å². The van der Waals surface area contributed by atoms with Gasteiger partial charge in [-0.25, -0.2) is 14.6 Å². The van der Waals surface area contributed by atoms with Gasteiger partial charge in [-0.1, -0.05) is 27.7 Å². The zero-order valence-electron chi connectivity index (χ0n) is 13.4. The predicted octanol–water partition coefficient (Wildman–Crippen LogP) is 2.96. The monoisotopic (exact) mass is 306 g/mol. The highest BCUT2D eigenvalue weighted by Gasteiger charge is 2.37. The van der Waals surface area contributed by atoms with Crippen LogP contribution in [0.15, 0.2) is 12.1 Å². The Morgan fingerprint density at radius 1 is 1.41 bits per heavy atom. The average molecular weight is 306 g/mol. The number of carboxylic acids is 1. The molecular weight excluding hydrogens is 284 g/mol. The normalized spacial score (nSPS) is 18.2. The number of carbonyl (C=O) groups is 2. The quantitative estimate of drug-likeness (QED) is 0.904. The number of aromatic carboxylic acids is 1. The van der Waals surface area contributed by atoms with Crippen LogP contribution in [0, 0.1) is 11.8 Å². The number of anilines is 1. The van der Waals surface area contributed by atoms with Crippen LogP contribution in [0.4, 0.5) is 10.6 Å². The minimum absolute atomic E-state index is 0.129. The van der Waals surface area contributed by atoms with Crippen molar-refractivity contribution in [3.63, 3.8) is 0 Å². The molecule has 22 heavy (non-hydrogen) atoms. The molecule has 0 radical (unpaired) electrons. The Hall–Kier alpha value is -2.11. The van der Waals surface area contributed by atoms with E-state index in [1.165, 1.54) is 11.0 Å². The van der Waals surface area contributed by atoms with Gasteiger partial charge in [0.15, 0.2) is 0 Å². The molecule has 1 N–H and O–H groups in total. The molecule has 0 aromatic carbocycles. The summed E-state index contributed by atoms with van der Waals surface area (Å²) in [6.07, 6.45) is 0.188. The fourth-order valence-electron chi connectivity index (χ4n) is 2.53. The highest BCUT2D eigenvalue weighted by molar-refractivity contribution is 5.93. The standard InChI is InChI=1S/C16H22N2O4/c1-9(2)5-12-6-11(15(19)20)7-14(17-12)18-13(10(3)4)8-22-16(18)21/h6-7,9-10,13H,5,8H2,1-4H3,(H,19,20)/t13-/m0/s1. The van der Waals surface area contributed by atoms with Crippen molar-refractivity contribution in [1.82, 2.24) is 4.98 Å². The van der Waals surface area contributed by atoms with Crippen LogP contribution >= 0.6 is 0 Å². The number of pyridine rings is 1. The Balaban J connectivity index is 2.46. The molecule has 1 atom stereocenters. The molecule has 0 spiro atoms. The Labute approximate surface area is 130 Å². The molecule has 2 heterocycles. The third kappa shape index (κ3) is 3.37. The van der Waals surface area contributed by atoms with Gasteiger partial charge < -0.3 is 9.84 Å². The van der Waals surface area contributed by atoms with Gasteiger partial charge >= 0.3 is 12.1 Å². The van der Waals surface area contributed by atoms with Crippen molar-refractivity contribution in [2.45, 2.75) is 40.2 Å². The molecule has 0 saturated carbocycles. The molecule has 1 fully saturated rings. The van der Waals surface area contributed by atoms with Crippen LogP contribution in [0.2, 0.25) is 0 Å². The highest BCUT2D eigenvalue weighted by atomic mass is 16.6. The van der Waals surface area contributed by atoms with Gasteiger partial charge in [0.1, 0.15) is 12.4 Å². The van der Waals surface area contributed by atoms with Gasteiger partial charge in [0, 0.05) is 5.69 Å². The fraction of sp³-hybridized carbons (Fsp3) is 0.562. The molecule has 2 rings (SSSR count). The summed E-state index contributed by atoms with van der Waals surface area (Å²) in [6.45, 7) is 8.37. The highest BCUT2D eigenvalue weighted by Crippen LogP contribution is 2.27. The maximum absolute atomic E-state index is 12.0. The van der Waals surface area contributed by atoms with Crippen LogP contribution in [0.1, 0.15) is 43.7 Å². The van der Waals surface area contributed by atoms with E-state index < -0.39 is 12.1 Å². The van der Waals surface area contributed by atoms with Gasteiger partial charge in [-0.3, -0.25) is 4.90 Å². The third-order valence-electron chi connectivity index (χ3n) is 3.65. The van der Waals surface area contributed by atoms with Crippen LogP contribution < -0.4 is 4.90 Å². The Morgan fingerprint density at radius 3 is 2.64 bits per heavy atom. The molecule has 120 valence electrons. The number of ether oxygens (including phenoxy) is 1. The van der Waals surface area contributed by atoms with Crippen LogP contribution in [-0.4, -0.2) is 34.8 Å². The summed E-state index contributed by atoms with van der Waals surface area (Å²) >= 11 is 0. The van der Waals surface area contributed by atoms with E-state index in [9.17, 15) is 14.7 Å². The smallest absolute Gasteiger partial charge is 0.415 e. The average Bonchev–Trinajstić information content (AvgIpc) is 2.79. The number of hydrogen-bond acceptors (Lipinski definition) is 4. The summed E-state index contributed by atoms with van der Waals surface area (Å²) in [7, 11) is 0. The van der Waals surface area contributed by atoms with E-state index in [-0.39, 0.29) is 17.5 Å². The first-order chi connectivity index (χ1) is 10.3. The first-order valence-corrected chi connectivity index (χ1v) is 7.49. The van der Waals surface area contributed by atoms with Crippen molar-refractivity contribution in [3.8, 4) is 0 Å². The summed E-state index contributed by atoms with van der Waals surface area (Å²) in [6, 6.07) is 2.88. The van der Waals surface area contributed by atoms with E-state index in [1.807, 2.05) is 27.7 Å². The lowest BCUT2D eigenvalue weighted by Crippen LogP contribution is -2.38.